The SMILES string of the molecule is O=C(NO)C1CCCOC1. The van der Waals surface area contributed by atoms with Crippen molar-refractivity contribution in [3.63, 3.8) is 0 Å². The second-order valence-corrected chi connectivity index (χ2v) is 2.39. The molecule has 1 unspecified atom stereocenters. The maximum Gasteiger partial charge on any atom is 0.248 e. The van der Waals surface area contributed by atoms with Crippen molar-refractivity contribution in [2.24, 2.45) is 5.92 Å². The molecule has 1 atom stereocenters. The van der Waals surface area contributed by atoms with Gasteiger partial charge in [0.25, 0.3) is 0 Å². The van der Waals surface area contributed by atoms with Crippen LogP contribution in [0.25, 0.3) is 0 Å². The Morgan fingerprint density at radius 3 is 3.00 bits per heavy atom. The predicted molar refractivity (Wildman–Crippen MR) is 33.5 cm³/mol. The molecule has 0 aliphatic carbocycles. The minimum absolute atomic E-state index is 0.154. The highest BCUT2D eigenvalue weighted by Crippen LogP contribution is 2.12. The molecule has 0 bridgehead atoms. The van der Waals surface area contributed by atoms with E-state index >= 15 is 0 Å². The molecule has 10 heavy (non-hydrogen) atoms. The summed E-state index contributed by atoms with van der Waals surface area (Å²) in [6.07, 6.45) is 1.71. The maximum absolute atomic E-state index is 10.7. The molecular weight excluding hydrogens is 134 g/mol. The third kappa shape index (κ3) is 1.68. The molecule has 4 nitrogen and oxygen atoms in total. The van der Waals surface area contributed by atoms with Gasteiger partial charge in [-0.05, 0) is 12.8 Å². The van der Waals surface area contributed by atoms with Gasteiger partial charge in [0.1, 0.15) is 0 Å². The van der Waals surface area contributed by atoms with E-state index in [4.69, 9.17) is 9.94 Å². The van der Waals surface area contributed by atoms with Gasteiger partial charge in [-0.25, -0.2) is 5.48 Å². The van der Waals surface area contributed by atoms with E-state index in [1.54, 1.807) is 5.48 Å². The van der Waals surface area contributed by atoms with E-state index < -0.39 is 0 Å². The van der Waals surface area contributed by atoms with Gasteiger partial charge in [0.2, 0.25) is 5.91 Å². The van der Waals surface area contributed by atoms with Gasteiger partial charge in [0.15, 0.2) is 0 Å². The molecule has 0 saturated carbocycles. The molecule has 0 radical (unpaired) electrons. The molecule has 1 saturated heterocycles. The number of nitrogens with one attached hydrogen (secondary N) is 1. The quantitative estimate of drug-likeness (QED) is 0.400. The van der Waals surface area contributed by atoms with Gasteiger partial charge < -0.3 is 4.74 Å². The molecule has 0 spiro atoms. The topological polar surface area (TPSA) is 58.6 Å². The third-order valence-electron chi connectivity index (χ3n) is 1.64. The number of amides is 1. The highest BCUT2D eigenvalue weighted by molar-refractivity contribution is 5.77. The molecule has 1 amide bonds. The van der Waals surface area contributed by atoms with Gasteiger partial charge in [-0.15, -0.1) is 0 Å². The summed E-state index contributed by atoms with van der Waals surface area (Å²) < 4.78 is 5.03. The zero-order chi connectivity index (χ0) is 7.40. The molecular formula is C6H11NO3. The molecule has 2 N–H and O–H groups in total. The number of rotatable bonds is 1. The first kappa shape index (κ1) is 7.50. The molecule has 1 rings (SSSR count). The zero-order valence-electron chi connectivity index (χ0n) is 5.67. The summed E-state index contributed by atoms with van der Waals surface area (Å²) in [6, 6.07) is 0. The largest absolute Gasteiger partial charge is 0.381 e. The van der Waals surface area contributed by atoms with Crippen LogP contribution in [-0.2, 0) is 9.53 Å². The van der Waals surface area contributed by atoms with Gasteiger partial charge in [-0.3, -0.25) is 10.0 Å². The number of hydroxylamine groups is 1. The molecule has 1 heterocycles. The number of hydrogen-bond donors (Lipinski definition) is 2. The Hall–Kier alpha value is -0.610. The molecule has 1 fully saturated rings. The van der Waals surface area contributed by atoms with Crippen LogP contribution in [0.5, 0.6) is 0 Å². The van der Waals surface area contributed by atoms with Crippen molar-refractivity contribution in [1.82, 2.24) is 5.48 Å². The van der Waals surface area contributed by atoms with E-state index in [1.807, 2.05) is 0 Å². The number of hydrogen-bond acceptors (Lipinski definition) is 3. The monoisotopic (exact) mass is 145 g/mol. The first-order valence-electron chi connectivity index (χ1n) is 3.36. The summed E-state index contributed by atoms with van der Waals surface area (Å²) in [7, 11) is 0. The second-order valence-electron chi connectivity index (χ2n) is 2.39. The minimum Gasteiger partial charge on any atom is -0.381 e. The standard InChI is InChI=1S/C6H11NO3/c8-6(7-9)5-2-1-3-10-4-5/h5,9H,1-4H2,(H,7,8). The van der Waals surface area contributed by atoms with E-state index in [2.05, 4.69) is 0 Å². The van der Waals surface area contributed by atoms with Crippen LogP contribution in [0.2, 0.25) is 0 Å². The molecule has 1 aliphatic rings. The first-order chi connectivity index (χ1) is 4.84. The summed E-state index contributed by atoms with van der Waals surface area (Å²) in [4.78, 5) is 10.7. The predicted octanol–water partition coefficient (Wildman–Crippen LogP) is -0.0816. The van der Waals surface area contributed by atoms with Gasteiger partial charge in [0, 0.05) is 6.61 Å². The summed E-state index contributed by atoms with van der Waals surface area (Å²) in [5.74, 6) is -0.488. The zero-order valence-corrected chi connectivity index (χ0v) is 5.67. The fourth-order valence-electron chi connectivity index (χ4n) is 1.04. The Bertz CT molecular complexity index is 120. The van der Waals surface area contributed by atoms with Crippen molar-refractivity contribution < 1.29 is 14.7 Å². The summed E-state index contributed by atoms with van der Waals surface area (Å²) >= 11 is 0. The fraction of sp³-hybridized carbons (Fsp3) is 0.833. The average Bonchev–Trinajstić information content (AvgIpc) is 2.05. The lowest BCUT2D eigenvalue weighted by molar-refractivity contribution is -0.137. The number of ether oxygens (including phenoxy) is 1. The first-order valence-corrected chi connectivity index (χ1v) is 3.36. The second kappa shape index (κ2) is 3.53. The van der Waals surface area contributed by atoms with Crippen LogP contribution in [0.1, 0.15) is 12.8 Å². The smallest absolute Gasteiger partial charge is 0.248 e. The third-order valence-corrected chi connectivity index (χ3v) is 1.64. The van der Waals surface area contributed by atoms with Crippen molar-refractivity contribution in [1.29, 1.82) is 0 Å². The van der Waals surface area contributed by atoms with Crippen LogP contribution >= 0.6 is 0 Å². The lowest BCUT2D eigenvalue weighted by atomic mass is 10.0. The van der Waals surface area contributed by atoms with Gasteiger partial charge in [-0.1, -0.05) is 0 Å². The lowest BCUT2D eigenvalue weighted by Gasteiger charge is -2.19. The Kier molecular flexibility index (Phi) is 2.65. The summed E-state index contributed by atoms with van der Waals surface area (Å²) in [5, 5.41) is 8.23. The Morgan fingerprint density at radius 2 is 2.50 bits per heavy atom. The van der Waals surface area contributed by atoms with Crippen molar-refractivity contribution >= 4 is 5.91 Å². The number of carbonyl (C=O) groups excluding carboxylic acids is 1. The highest BCUT2D eigenvalue weighted by Gasteiger charge is 2.20. The van der Waals surface area contributed by atoms with Crippen molar-refractivity contribution in [3.8, 4) is 0 Å². The van der Waals surface area contributed by atoms with Crippen LogP contribution in [-0.4, -0.2) is 24.3 Å². The average molecular weight is 145 g/mol. The van der Waals surface area contributed by atoms with E-state index in [1.165, 1.54) is 0 Å². The Balaban J connectivity index is 2.31. The summed E-state index contributed by atoms with van der Waals surface area (Å²) in [6.45, 7) is 1.17. The van der Waals surface area contributed by atoms with E-state index in [-0.39, 0.29) is 11.8 Å². The van der Waals surface area contributed by atoms with Crippen molar-refractivity contribution in [2.75, 3.05) is 13.2 Å². The highest BCUT2D eigenvalue weighted by atomic mass is 16.5. The van der Waals surface area contributed by atoms with Crippen LogP contribution in [0.3, 0.4) is 0 Å². The minimum atomic E-state index is -0.334. The van der Waals surface area contributed by atoms with Gasteiger partial charge >= 0.3 is 0 Å². The van der Waals surface area contributed by atoms with E-state index in [0.29, 0.717) is 6.61 Å². The molecule has 1 aliphatic heterocycles. The van der Waals surface area contributed by atoms with Crippen molar-refractivity contribution in [2.45, 2.75) is 12.8 Å². The van der Waals surface area contributed by atoms with Crippen LogP contribution in [0, 0.1) is 5.92 Å². The van der Waals surface area contributed by atoms with E-state index in [0.717, 1.165) is 19.4 Å². The number of carbonyl (C=O) groups is 1. The molecule has 0 aromatic carbocycles. The fourth-order valence-corrected chi connectivity index (χ4v) is 1.04. The normalized spacial score (nSPS) is 25.9. The van der Waals surface area contributed by atoms with Gasteiger partial charge in [-0.2, -0.15) is 0 Å². The van der Waals surface area contributed by atoms with Crippen LogP contribution < -0.4 is 5.48 Å². The van der Waals surface area contributed by atoms with Crippen molar-refractivity contribution in [3.05, 3.63) is 0 Å². The maximum atomic E-state index is 10.7. The summed E-state index contributed by atoms with van der Waals surface area (Å²) in [5.41, 5.74) is 1.62. The molecule has 0 aromatic heterocycles. The van der Waals surface area contributed by atoms with Crippen LogP contribution in [0.4, 0.5) is 0 Å². The Morgan fingerprint density at radius 1 is 1.70 bits per heavy atom. The van der Waals surface area contributed by atoms with Crippen LogP contribution in [0.15, 0.2) is 0 Å². The molecule has 4 heteroatoms. The lowest BCUT2D eigenvalue weighted by Crippen LogP contribution is -2.33. The van der Waals surface area contributed by atoms with Gasteiger partial charge in [0.05, 0.1) is 12.5 Å². The van der Waals surface area contributed by atoms with E-state index in [9.17, 15) is 4.79 Å². The molecule has 58 valence electrons. The Labute approximate surface area is 59.1 Å². The molecule has 0 aromatic rings.